The highest BCUT2D eigenvalue weighted by atomic mass is 35.5. The Kier molecular flexibility index (Phi) is 3.54. The van der Waals surface area contributed by atoms with E-state index in [4.69, 9.17) is 16.7 Å². The maximum Gasteiger partial charge on any atom is 0.337 e. The topological polar surface area (TPSA) is 43.8 Å². The lowest BCUT2D eigenvalue weighted by atomic mass is 10.1. The lowest BCUT2D eigenvalue weighted by Gasteiger charge is -2.34. The van der Waals surface area contributed by atoms with Crippen LogP contribution in [0.5, 0.6) is 0 Å². The van der Waals surface area contributed by atoms with E-state index in [0.717, 1.165) is 31.9 Å². The van der Waals surface area contributed by atoms with Crippen LogP contribution in [0.1, 0.15) is 10.4 Å². The summed E-state index contributed by atoms with van der Waals surface area (Å²) in [7, 11) is 2.06. The molecule has 1 aliphatic heterocycles. The van der Waals surface area contributed by atoms with Gasteiger partial charge in [0.2, 0.25) is 0 Å². The third kappa shape index (κ3) is 2.70. The van der Waals surface area contributed by atoms with Crippen molar-refractivity contribution in [3.05, 3.63) is 28.8 Å². The van der Waals surface area contributed by atoms with Crippen LogP contribution in [0.3, 0.4) is 0 Å². The average Bonchev–Trinajstić information content (AvgIpc) is 2.29. The van der Waals surface area contributed by atoms with E-state index in [1.165, 1.54) is 0 Å². The summed E-state index contributed by atoms with van der Waals surface area (Å²) in [6, 6.07) is 4.92. The molecule has 5 heteroatoms. The second-order valence-electron chi connectivity index (χ2n) is 4.26. The number of nitrogens with zero attached hydrogens (tertiary/aromatic N) is 2. The third-order valence-electron chi connectivity index (χ3n) is 3.03. The first-order chi connectivity index (χ1) is 8.08. The number of carbonyl (C=O) groups is 1. The molecule has 0 aromatic heterocycles. The van der Waals surface area contributed by atoms with Crippen LogP contribution >= 0.6 is 11.6 Å². The van der Waals surface area contributed by atoms with Crippen molar-refractivity contribution in [2.75, 3.05) is 38.1 Å². The van der Waals surface area contributed by atoms with Crippen molar-refractivity contribution in [2.24, 2.45) is 0 Å². The fraction of sp³-hybridized carbons (Fsp3) is 0.417. The van der Waals surface area contributed by atoms with Crippen molar-refractivity contribution in [3.63, 3.8) is 0 Å². The number of halogens is 1. The van der Waals surface area contributed by atoms with E-state index >= 15 is 0 Å². The van der Waals surface area contributed by atoms with Gasteiger partial charge in [0.25, 0.3) is 0 Å². The zero-order valence-corrected chi connectivity index (χ0v) is 10.4. The lowest BCUT2D eigenvalue weighted by Crippen LogP contribution is -2.45. The van der Waals surface area contributed by atoms with Crippen molar-refractivity contribution < 1.29 is 9.90 Å². The molecule has 1 aliphatic rings. The van der Waals surface area contributed by atoms with Crippen LogP contribution in [0, 0.1) is 0 Å². The fourth-order valence-electron chi connectivity index (χ4n) is 1.99. The monoisotopic (exact) mass is 254 g/mol. The minimum atomic E-state index is -0.907. The van der Waals surface area contributed by atoms with E-state index in [-0.39, 0.29) is 0 Å². The molecule has 0 amide bonds. The molecule has 0 spiro atoms. The highest BCUT2D eigenvalue weighted by molar-refractivity contribution is 6.31. The molecule has 4 nitrogen and oxygen atoms in total. The molecule has 1 saturated heterocycles. The maximum atomic E-state index is 11.2. The van der Waals surface area contributed by atoms with E-state index < -0.39 is 5.97 Å². The standard InChI is InChI=1S/C12H15ClN2O2/c1-14-4-6-15(7-5-14)11-8-9(13)2-3-10(11)12(16)17/h2-3,8H,4-7H2,1H3,(H,16,17). The minimum Gasteiger partial charge on any atom is -0.478 e. The zero-order chi connectivity index (χ0) is 12.4. The van der Waals surface area contributed by atoms with Gasteiger partial charge in [-0.2, -0.15) is 0 Å². The Bertz CT molecular complexity index is 429. The predicted molar refractivity (Wildman–Crippen MR) is 68.1 cm³/mol. The molecule has 1 aromatic carbocycles. The van der Waals surface area contributed by atoms with Gasteiger partial charge in [0.15, 0.2) is 0 Å². The number of rotatable bonds is 2. The Balaban J connectivity index is 2.30. The number of anilines is 1. The van der Waals surface area contributed by atoms with Crippen molar-refractivity contribution >= 4 is 23.3 Å². The van der Waals surface area contributed by atoms with Gasteiger partial charge in [-0.25, -0.2) is 4.79 Å². The van der Waals surface area contributed by atoms with Crippen LogP contribution in [-0.2, 0) is 0 Å². The summed E-state index contributed by atoms with van der Waals surface area (Å²) in [6.07, 6.45) is 0. The van der Waals surface area contributed by atoms with Crippen LogP contribution in [0.2, 0.25) is 5.02 Å². The maximum absolute atomic E-state index is 11.2. The predicted octanol–water partition coefficient (Wildman–Crippen LogP) is 1.79. The molecule has 1 aromatic rings. The molecule has 92 valence electrons. The number of carboxylic acid groups (broad SMARTS) is 1. The second kappa shape index (κ2) is 4.94. The summed E-state index contributed by atoms with van der Waals surface area (Å²) < 4.78 is 0. The van der Waals surface area contributed by atoms with Crippen molar-refractivity contribution in [1.82, 2.24) is 4.90 Å². The molecule has 1 heterocycles. The van der Waals surface area contributed by atoms with Gasteiger partial charge in [0.05, 0.1) is 11.3 Å². The molecule has 0 saturated carbocycles. The normalized spacial score (nSPS) is 17.2. The highest BCUT2D eigenvalue weighted by Gasteiger charge is 2.19. The third-order valence-corrected chi connectivity index (χ3v) is 3.27. The van der Waals surface area contributed by atoms with E-state index in [9.17, 15) is 4.79 Å². The van der Waals surface area contributed by atoms with Gasteiger partial charge in [-0.15, -0.1) is 0 Å². The number of aromatic carboxylic acids is 1. The lowest BCUT2D eigenvalue weighted by molar-refractivity contribution is 0.0697. The first kappa shape index (κ1) is 12.2. The molecule has 0 aliphatic carbocycles. The second-order valence-corrected chi connectivity index (χ2v) is 4.69. The van der Waals surface area contributed by atoms with Gasteiger partial charge in [-0.1, -0.05) is 11.6 Å². The SMILES string of the molecule is CN1CCN(c2cc(Cl)ccc2C(=O)O)CC1. The minimum absolute atomic E-state index is 0.318. The van der Waals surface area contributed by atoms with E-state index in [0.29, 0.717) is 10.6 Å². The smallest absolute Gasteiger partial charge is 0.337 e. The molecular formula is C12H15ClN2O2. The number of piperazine rings is 1. The molecule has 0 unspecified atom stereocenters. The first-order valence-corrected chi connectivity index (χ1v) is 5.92. The van der Waals surface area contributed by atoms with Crippen molar-refractivity contribution in [2.45, 2.75) is 0 Å². The van der Waals surface area contributed by atoms with Crippen LogP contribution in [0.4, 0.5) is 5.69 Å². The Morgan fingerprint density at radius 1 is 1.29 bits per heavy atom. The number of benzene rings is 1. The number of hydrogen-bond donors (Lipinski definition) is 1. The molecule has 1 fully saturated rings. The van der Waals surface area contributed by atoms with Crippen molar-refractivity contribution in [1.29, 1.82) is 0 Å². The summed E-state index contributed by atoms with van der Waals surface area (Å²) in [6.45, 7) is 3.53. The Hall–Kier alpha value is -1.26. The fourth-order valence-corrected chi connectivity index (χ4v) is 2.16. The van der Waals surface area contributed by atoms with E-state index in [1.54, 1.807) is 18.2 Å². The van der Waals surface area contributed by atoms with Gasteiger partial charge in [0, 0.05) is 31.2 Å². The number of hydrogen-bond acceptors (Lipinski definition) is 3. The van der Waals surface area contributed by atoms with E-state index in [1.807, 2.05) is 0 Å². The molecule has 0 atom stereocenters. The van der Waals surface area contributed by atoms with Crippen LogP contribution in [0.15, 0.2) is 18.2 Å². The van der Waals surface area contributed by atoms with Gasteiger partial charge in [0.1, 0.15) is 0 Å². The number of likely N-dealkylation sites (N-methyl/N-ethyl adjacent to an activating group) is 1. The first-order valence-electron chi connectivity index (χ1n) is 5.54. The van der Waals surface area contributed by atoms with Crippen LogP contribution < -0.4 is 4.90 Å². The van der Waals surface area contributed by atoms with Gasteiger partial charge >= 0.3 is 5.97 Å². The summed E-state index contributed by atoms with van der Waals surface area (Å²) in [5.41, 5.74) is 1.04. The molecule has 1 N–H and O–H groups in total. The van der Waals surface area contributed by atoms with Gasteiger partial charge in [-0.3, -0.25) is 0 Å². The molecule has 17 heavy (non-hydrogen) atoms. The summed E-state index contributed by atoms with van der Waals surface area (Å²) in [4.78, 5) is 15.5. The largest absolute Gasteiger partial charge is 0.478 e. The summed E-state index contributed by atoms with van der Waals surface area (Å²) in [5, 5.41) is 9.73. The van der Waals surface area contributed by atoms with Gasteiger partial charge in [-0.05, 0) is 25.2 Å². The van der Waals surface area contributed by atoms with Crippen LogP contribution in [0.25, 0.3) is 0 Å². The summed E-state index contributed by atoms with van der Waals surface area (Å²) >= 11 is 5.94. The molecule has 0 radical (unpaired) electrons. The van der Waals surface area contributed by atoms with Gasteiger partial charge < -0.3 is 14.9 Å². The summed E-state index contributed by atoms with van der Waals surface area (Å²) in [5.74, 6) is -0.907. The Morgan fingerprint density at radius 3 is 2.53 bits per heavy atom. The highest BCUT2D eigenvalue weighted by Crippen LogP contribution is 2.25. The number of carboxylic acids is 1. The van der Waals surface area contributed by atoms with E-state index in [2.05, 4.69) is 16.8 Å². The quantitative estimate of drug-likeness (QED) is 0.874. The Morgan fingerprint density at radius 2 is 1.94 bits per heavy atom. The zero-order valence-electron chi connectivity index (χ0n) is 9.69. The Labute approximate surface area is 105 Å². The molecular weight excluding hydrogens is 240 g/mol. The molecule has 0 bridgehead atoms. The van der Waals surface area contributed by atoms with Crippen molar-refractivity contribution in [3.8, 4) is 0 Å². The average molecular weight is 255 g/mol. The van der Waals surface area contributed by atoms with Crippen LogP contribution in [-0.4, -0.2) is 49.2 Å². The molecule has 2 rings (SSSR count).